The molecule has 11 heavy (non-hydrogen) atoms. The van der Waals surface area contributed by atoms with Gasteiger partial charge in [0.15, 0.2) is 0 Å². The van der Waals surface area contributed by atoms with Crippen LogP contribution in [0.25, 0.3) is 0 Å². The summed E-state index contributed by atoms with van der Waals surface area (Å²) in [6.07, 6.45) is 3.36. The zero-order valence-electron chi connectivity index (χ0n) is 7.42. The van der Waals surface area contributed by atoms with E-state index >= 15 is 0 Å². The highest BCUT2D eigenvalue weighted by atomic mass is 16.5. The predicted octanol–water partition coefficient (Wildman–Crippen LogP) is 1.57. The van der Waals surface area contributed by atoms with E-state index in [-0.39, 0.29) is 6.10 Å². The second kappa shape index (κ2) is 4.07. The van der Waals surface area contributed by atoms with Crippen LogP contribution in [0.5, 0.6) is 0 Å². The molecule has 1 saturated heterocycles. The van der Waals surface area contributed by atoms with E-state index in [1.54, 1.807) is 0 Å². The molecule has 0 spiro atoms. The lowest BCUT2D eigenvalue weighted by atomic mass is 9.90. The van der Waals surface area contributed by atoms with Crippen molar-refractivity contribution < 1.29 is 9.84 Å². The Balaban J connectivity index is 2.33. The van der Waals surface area contributed by atoms with Gasteiger partial charge in [-0.2, -0.15) is 0 Å². The van der Waals surface area contributed by atoms with Gasteiger partial charge in [0.05, 0.1) is 12.2 Å². The van der Waals surface area contributed by atoms with Crippen LogP contribution in [-0.4, -0.2) is 23.9 Å². The van der Waals surface area contributed by atoms with Crippen molar-refractivity contribution in [1.29, 1.82) is 0 Å². The smallest absolute Gasteiger partial charge is 0.0576 e. The molecule has 2 nitrogen and oxygen atoms in total. The van der Waals surface area contributed by atoms with Crippen LogP contribution in [0.15, 0.2) is 0 Å². The fourth-order valence-electron chi connectivity index (χ4n) is 1.63. The fraction of sp³-hybridized carbons (Fsp3) is 1.00. The Kier molecular flexibility index (Phi) is 3.34. The third-order valence-corrected chi connectivity index (χ3v) is 2.55. The maximum absolute atomic E-state index is 9.33. The van der Waals surface area contributed by atoms with Crippen molar-refractivity contribution in [2.24, 2.45) is 5.92 Å². The van der Waals surface area contributed by atoms with E-state index in [9.17, 15) is 5.11 Å². The van der Waals surface area contributed by atoms with Gasteiger partial charge in [0.25, 0.3) is 0 Å². The van der Waals surface area contributed by atoms with Crippen molar-refractivity contribution in [2.45, 2.75) is 45.3 Å². The van der Waals surface area contributed by atoms with Crippen LogP contribution in [0.4, 0.5) is 0 Å². The topological polar surface area (TPSA) is 29.5 Å². The van der Waals surface area contributed by atoms with Gasteiger partial charge in [-0.15, -0.1) is 0 Å². The number of hydrogen-bond donors (Lipinski definition) is 1. The molecule has 0 saturated carbocycles. The summed E-state index contributed by atoms with van der Waals surface area (Å²) in [5.74, 6) is 0.466. The summed E-state index contributed by atoms with van der Waals surface area (Å²) >= 11 is 0. The normalized spacial score (nSPS) is 35.2. The highest BCUT2D eigenvalue weighted by Gasteiger charge is 2.24. The molecular weight excluding hydrogens is 140 g/mol. The van der Waals surface area contributed by atoms with Gasteiger partial charge in [-0.05, 0) is 32.1 Å². The minimum atomic E-state index is -0.159. The molecule has 0 radical (unpaired) electrons. The van der Waals surface area contributed by atoms with E-state index in [0.717, 1.165) is 25.9 Å². The Morgan fingerprint density at radius 1 is 1.64 bits per heavy atom. The monoisotopic (exact) mass is 158 g/mol. The molecule has 1 N–H and O–H groups in total. The molecule has 2 heteroatoms. The third-order valence-electron chi connectivity index (χ3n) is 2.55. The molecule has 1 heterocycles. The molecule has 1 rings (SSSR count). The van der Waals surface area contributed by atoms with Crippen molar-refractivity contribution in [3.8, 4) is 0 Å². The van der Waals surface area contributed by atoms with Gasteiger partial charge in [0, 0.05) is 6.61 Å². The Morgan fingerprint density at radius 2 is 2.36 bits per heavy atom. The van der Waals surface area contributed by atoms with Crippen molar-refractivity contribution in [3.63, 3.8) is 0 Å². The summed E-state index contributed by atoms with van der Waals surface area (Å²) in [6, 6.07) is 0. The molecule has 1 fully saturated rings. The highest BCUT2D eigenvalue weighted by Crippen LogP contribution is 2.24. The van der Waals surface area contributed by atoms with Crippen LogP contribution in [0, 0.1) is 5.92 Å². The Labute approximate surface area is 68.6 Å². The molecule has 66 valence electrons. The molecule has 3 unspecified atom stereocenters. The number of ether oxygens (including phenoxy) is 1. The molecule has 0 aliphatic carbocycles. The minimum absolute atomic E-state index is 0.159. The molecule has 0 bridgehead atoms. The van der Waals surface area contributed by atoms with Gasteiger partial charge >= 0.3 is 0 Å². The van der Waals surface area contributed by atoms with Crippen LogP contribution in [0.3, 0.4) is 0 Å². The molecular formula is C9H18O2. The first kappa shape index (κ1) is 9.01. The van der Waals surface area contributed by atoms with Crippen LogP contribution in [0.1, 0.15) is 33.1 Å². The molecule has 3 atom stereocenters. The maximum Gasteiger partial charge on any atom is 0.0576 e. The molecule has 0 aromatic rings. The lowest BCUT2D eigenvalue weighted by molar-refractivity contribution is -0.0404. The van der Waals surface area contributed by atoms with Gasteiger partial charge in [0.1, 0.15) is 0 Å². The van der Waals surface area contributed by atoms with Crippen LogP contribution in [0.2, 0.25) is 0 Å². The average Bonchev–Trinajstić information content (AvgIpc) is 2.05. The van der Waals surface area contributed by atoms with E-state index in [1.807, 2.05) is 6.92 Å². The Bertz CT molecular complexity index is 112. The molecule has 0 aromatic carbocycles. The third kappa shape index (κ3) is 2.46. The number of hydrogen-bond acceptors (Lipinski definition) is 2. The van der Waals surface area contributed by atoms with E-state index in [0.29, 0.717) is 12.0 Å². The standard InChI is InChI=1S/C9H18O2/c1-3-9-6-8(7(2)10)4-5-11-9/h7-10H,3-6H2,1-2H3. The first-order valence-electron chi connectivity index (χ1n) is 4.53. The second-order valence-corrected chi connectivity index (χ2v) is 3.43. The van der Waals surface area contributed by atoms with Crippen LogP contribution < -0.4 is 0 Å². The Morgan fingerprint density at radius 3 is 2.91 bits per heavy atom. The van der Waals surface area contributed by atoms with E-state index in [2.05, 4.69) is 6.92 Å². The van der Waals surface area contributed by atoms with E-state index < -0.39 is 0 Å². The lowest BCUT2D eigenvalue weighted by Gasteiger charge is -2.30. The average molecular weight is 158 g/mol. The van der Waals surface area contributed by atoms with Crippen molar-refractivity contribution in [3.05, 3.63) is 0 Å². The number of aliphatic hydroxyl groups excluding tert-OH is 1. The first-order valence-corrected chi connectivity index (χ1v) is 4.53. The summed E-state index contributed by atoms with van der Waals surface area (Å²) in [4.78, 5) is 0. The molecule has 1 aliphatic rings. The molecule has 1 aliphatic heterocycles. The van der Waals surface area contributed by atoms with Gasteiger partial charge in [-0.25, -0.2) is 0 Å². The zero-order valence-corrected chi connectivity index (χ0v) is 7.42. The lowest BCUT2D eigenvalue weighted by Crippen LogP contribution is -2.30. The SMILES string of the molecule is CCC1CC(C(C)O)CCO1. The highest BCUT2D eigenvalue weighted by molar-refractivity contribution is 4.73. The first-order chi connectivity index (χ1) is 5.24. The fourth-order valence-corrected chi connectivity index (χ4v) is 1.63. The summed E-state index contributed by atoms with van der Waals surface area (Å²) in [5, 5.41) is 9.33. The van der Waals surface area contributed by atoms with E-state index in [4.69, 9.17) is 4.74 Å². The second-order valence-electron chi connectivity index (χ2n) is 3.43. The van der Waals surface area contributed by atoms with Crippen LogP contribution in [-0.2, 0) is 4.74 Å². The quantitative estimate of drug-likeness (QED) is 0.661. The number of rotatable bonds is 2. The Hall–Kier alpha value is -0.0800. The predicted molar refractivity (Wildman–Crippen MR) is 44.4 cm³/mol. The van der Waals surface area contributed by atoms with E-state index in [1.165, 1.54) is 0 Å². The van der Waals surface area contributed by atoms with Gasteiger partial charge in [-0.3, -0.25) is 0 Å². The van der Waals surface area contributed by atoms with Gasteiger partial charge in [0.2, 0.25) is 0 Å². The van der Waals surface area contributed by atoms with Crippen molar-refractivity contribution in [1.82, 2.24) is 0 Å². The van der Waals surface area contributed by atoms with Crippen molar-refractivity contribution in [2.75, 3.05) is 6.61 Å². The summed E-state index contributed by atoms with van der Waals surface area (Å²) in [5.41, 5.74) is 0. The zero-order chi connectivity index (χ0) is 8.27. The summed E-state index contributed by atoms with van der Waals surface area (Å²) in [6.45, 7) is 4.84. The largest absolute Gasteiger partial charge is 0.393 e. The summed E-state index contributed by atoms with van der Waals surface area (Å²) < 4.78 is 5.50. The minimum Gasteiger partial charge on any atom is -0.393 e. The maximum atomic E-state index is 9.33. The van der Waals surface area contributed by atoms with Gasteiger partial charge < -0.3 is 9.84 Å². The molecule has 0 aromatic heterocycles. The van der Waals surface area contributed by atoms with Crippen molar-refractivity contribution >= 4 is 0 Å². The summed E-state index contributed by atoms with van der Waals surface area (Å²) in [7, 11) is 0. The van der Waals surface area contributed by atoms with Crippen LogP contribution >= 0.6 is 0 Å². The number of aliphatic hydroxyl groups is 1. The molecule has 0 amide bonds. The van der Waals surface area contributed by atoms with Gasteiger partial charge in [-0.1, -0.05) is 6.92 Å².